The van der Waals surface area contributed by atoms with Crippen LogP contribution in [0, 0.1) is 5.92 Å². The van der Waals surface area contributed by atoms with Gasteiger partial charge in [-0.2, -0.15) is 0 Å². The first kappa shape index (κ1) is 19.0. The number of rotatable bonds is 4. The fourth-order valence-corrected chi connectivity index (χ4v) is 4.11. The number of nitrogens with zero attached hydrogens (tertiary/aromatic N) is 1. The second-order valence-electron chi connectivity index (χ2n) is 7.43. The lowest BCUT2D eigenvalue weighted by atomic mass is 9.80. The second-order valence-corrected chi connectivity index (χ2v) is 7.43. The molecule has 0 fully saturated rings. The van der Waals surface area contributed by atoms with Crippen LogP contribution >= 0.6 is 0 Å². The molecule has 4 rings (SSSR count). The van der Waals surface area contributed by atoms with Gasteiger partial charge in [0.05, 0.1) is 31.0 Å². The number of para-hydroxylation sites is 1. The van der Waals surface area contributed by atoms with Crippen molar-refractivity contribution >= 4 is 28.5 Å². The maximum absolute atomic E-state index is 12.1. The Morgan fingerprint density at radius 3 is 2.66 bits per heavy atom. The number of allylic oxidation sites excluding steroid dienone is 1. The summed E-state index contributed by atoms with van der Waals surface area (Å²) in [6.07, 6.45) is 3.58. The molecule has 1 atom stereocenters. The summed E-state index contributed by atoms with van der Waals surface area (Å²) in [4.78, 5) is 17.0. The molecule has 2 aromatic carbocycles. The van der Waals surface area contributed by atoms with E-state index in [9.17, 15) is 9.90 Å². The minimum absolute atomic E-state index is 0.319. The van der Waals surface area contributed by atoms with Crippen LogP contribution in [-0.2, 0) is 6.42 Å². The normalized spacial score (nSPS) is 17.2. The van der Waals surface area contributed by atoms with Crippen molar-refractivity contribution in [3.63, 3.8) is 0 Å². The van der Waals surface area contributed by atoms with Crippen LogP contribution < -0.4 is 9.47 Å². The van der Waals surface area contributed by atoms with Crippen molar-refractivity contribution in [1.82, 2.24) is 4.98 Å². The second kappa shape index (κ2) is 7.59. The number of aromatic nitrogens is 1. The Hall–Kier alpha value is -3.34. The highest BCUT2D eigenvalue weighted by Gasteiger charge is 2.28. The fourth-order valence-electron chi connectivity index (χ4n) is 4.11. The van der Waals surface area contributed by atoms with Gasteiger partial charge in [0.15, 0.2) is 0 Å². The number of ether oxygens (including phenoxy) is 2. The van der Waals surface area contributed by atoms with E-state index < -0.39 is 5.97 Å². The summed E-state index contributed by atoms with van der Waals surface area (Å²) in [5.41, 5.74) is 4.59. The number of carboxylic acids is 1. The van der Waals surface area contributed by atoms with Gasteiger partial charge in [0.2, 0.25) is 0 Å². The number of carbonyl (C=O) groups is 1. The first-order chi connectivity index (χ1) is 14.0. The average molecular weight is 389 g/mol. The van der Waals surface area contributed by atoms with Gasteiger partial charge in [-0.15, -0.1) is 0 Å². The van der Waals surface area contributed by atoms with E-state index in [0.717, 1.165) is 34.6 Å². The molecule has 1 unspecified atom stereocenters. The van der Waals surface area contributed by atoms with E-state index in [2.05, 4.69) is 13.0 Å². The Morgan fingerprint density at radius 1 is 1.14 bits per heavy atom. The third kappa shape index (κ3) is 3.44. The van der Waals surface area contributed by atoms with Crippen molar-refractivity contribution in [2.75, 3.05) is 14.2 Å². The largest absolute Gasteiger partial charge is 0.497 e. The van der Waals surface area contributed by atoms with Gasteiger partial charge in [-0.25, -0.2) is 9.78 Å². The number of hydrogen-bond donors (Lipinski definition) is 1. The van der Waals surface area contributed by atoms with E-state index in [1.165, 1.54) is 0 Å². The zero-order valence-corrected chi connectivity index (χ0v) is 16.7. The van der Waals surface area contributed by atoms with Gasteiger partial charge in [-0.1, -0.05) is 25.1 Å². The molecule has 0 aliphatic heterocycles. The molecule has 29 heavy (non-hydrogen) atoms. The number of hydrogen-bond acceptors (Lipinski definition) is 4. The minimum Gasteiger partial charge on any atom is -0.497 e. The quantitative estimate of drug-likeness (QED) is 0.674. The van der Waals surface area contributed by atoms with E-state index in [4.69, 9.17) is 14.5 Å². The first-order valence-corrected chi connectivity index (χ1v) is 9.59. The molecule has 0 radical (unpaired) electrons. The number of methoxy groups -OCH3 is 2. The third-order valence-electron chi connectivity index (χ3n) is 5.40. The van der Waals surface area contributed by atoms with Gasteiger partial charge >= 0.3 is 5.97 Å². The van der Waals surface area contributed by atoms with Gasteiger partial charge < -0.3 is 14.6 Å². The molecule has 0 bridgehead atoms. The van der Waals surface area contributed by atoms with Crippen molar-refractivity contribution in [3.05, 3.63) is 64.8 Å². The van der Waals surface area contributed by atoms with Gasteiger partial charge in [0.25, 0.3) is 0 Å². The summed E-state index contributed by atoms with van der Waals surface area (Å²) < 4.78 is 10.8. The average Bonchev–Trinajstić information content (AvgIpc) is 2.72. The zero-order chi connectivity index (χ0) is 20.5. The molecular formula is C24H23NO4. The predicted molar refractivity (Wildman–Crippen MR) is 114 cm³/mol. The molecule has 0 amide bonds. The van der Waals surface area contributed by atoms with E-state index in [0.29, 0.717) is 34.6 Å². The van der Waals surface area contributed by atoms with Crippen molar-refractivity contribution in [3.8, 4) is 11.5 Å². The lowest BCUT2D eigenvalue weighted by molar-refractivity contribution is 0.0697. The van der Waals surface area contributed by atoms with E-state index in [-0.39, 0.29) is 0 Å². The SMILES string of the molecule is COc1ccc(C=C2CC(C)Cc3c2nc2ccccc2c3C(=O)O)c(OC)c1. The molecule has 0 spiro atoms. The molecule has 5 heteroatoms. The summed E-state index contributed by atoms with van der Waals surface area (Å²) in [7, 11) is 3.25. The maximum atomic E-state index is 12.1. The van der Waals surface area contributed by atoms with E-state index in [1.807, 2.05) is 42.5 Å². The maximum Gasteiger partial charge on any atom is 0.336 e. The molecule has 1 aliphatic rings. The Kier molecular flexibility index (Phi) is 4.97. The van der Waals surface area contributed by atoms with Gasteiger partial charge in [0.1, 0.15) is 11.5 Å². The molecule has 0 saturated heterocycles. The molecule has 3 aromatic rings. The van der Waals surface area contributed by atoms with Crippen LogP contribution in [-0.4, -0.2) is 30.3 Å². The highest BCUT2D eigenvalue weighted by Crippen LogP contribution is 2.39. The lowest BCUT2D eigenvalue weighted by Gasteiger charge is -2.26. The third-order valence-corrected chi connectivity index (χ3v) is 5.40. The van der Waals surface area contributed by atoms with Crippen LogP contribution in [0.3, 0.4) is 0 Å². The Bertz CT molecular complexity index is 1130. The summed E-state index contributed by atoms with van der Waals surface area (Å²) in [5.74, 6) is 0.837. The Morgan fingerprint density at radius 2 is 1.93 bits per heavy atom. The van der Waals surface area contributed by atoms with Crippen molar-refractivity contribution < 1.29 is 19.4 Å². The zero-order valence-electron chi connectivity index (χ0n) is 16.7. The predicted octanol–water partition coefficient (Wildman–Crippen LogP) is 5.07. The van der Waals surface area contributed by atoms with Crippen LogP contribution in [0.2, 0.25) is 0 Å². The van der Waals surface area contributed by atoms with Gasteiger partial charge in [0, 0.05) is 17.0 Å². The van der Waals surface area contributed by atoms with Crippen LogP contribution in [0.25, 0.3) is 22.6 Å². The molecule has 148 valence electrons. The summed E-state index contributed by atoms with van der Waals surface area (Å²) in [5, 5.41) is 10.6. The van der Waals surface area contributed by atoms with Crippen LogP contribution in [0.4, 0.5) is 0 Å². The van der Waals surface area contributed by atoms with Gasteiger partial charge in [-0.3, -0.25) is 0 Å². The minimum atomic E-state index is -0.907. The number of fused-ring (bicyclic) bond motifs is 2. The Balaban J connectivity index is 1.95. The molecule has 1 heterocycles. The van der Waals surface area contributed by atoms with Crippen LogP contribution in [0.1, 0.15) is 40.5 Å². The monoisotopic (exact) mass is 389 g/mol. The lowest BCUT2D eigenvalue weighted by Crippen LogP contribution is -2.17. The van der Waals surface area contributed by atoms with Crippen molar-refractivity contribution in [2.45, 2.75) is 19.8 Å². The van der Waals surface area contributed by atoms with E-state index >= 15 is 0 Å². The highest BCUT2D eigenvalue weighted by atomic mass is 16.5. The van der Waals surface area contributed by atoms with Crippen molar-refractivity contribution in [1.29, 1.82) is 0 Å². The fraction of sp³-hybridized carbons (Fsp3) is 0.250. The molecule has 1 aromatic heterocycles. The summed E-state index contributed by atoms with van der Waals surface area (Å²) in [6.45, 7) is 2.14. The van der Waals surface area contributed by atoms with Crippen LogP contribution in [0.15, 0.2) is 42.5 Å². The summed E-state index contributed by atoms with van der Waals surface area (Å²) >= 11 is 0. The molecule has 0 saturated carbocycles. The number of pyridine rings is 1. The molecule has 1 N–H and O–H groups in total. The smallest absolute Gasteiger partial charge is 0.336 e. The molecular weight excluding hydrogens is 366 g/mol. The number of benzene rings is 2. The number of aromatic carboxylic acids is 1. The Labute approximate surface area is 169 Å². The molecule has 5 nitrogen and oxygen atoms in total. The highest BCUT2D eigenvalue weighted by molar-refractivity contribution is 6.06. The van der Waals surface area contributed by atoms with Crippen molar-refractivity contribution in [2.24, 2.45) is 5.92 Å². The number of carboxylic acid groups (broad SMARTS) is 1. The summed E-state index contributed by atoms with van der Waals surface area (Å²) in [6, 6.07) is 13.1. The molecule has 1 aliphatic carbocycles. The van der Waals surface area contributed by atoms with Crippen LogP contribution in [0.5, 0.6) is 11.5 Å². The topological polar surface area (TPSA) is 68.7 Å². The standard InChI is InChI=1S/C24H23NO4/c1-14-10-16(12-15-8-9-17(28-2)13-21(15)29-3)23-19(11-14)22(24(26)27)18-6-4-5-7-20(18)25-23/h4-9,12-14H,10-11H2,1-3H3,(H,26,27). The first-order valence-electron chi connectivity index (χ1n) is 9.59. The van der Waals surface area contributed by atoms with E-state index in [1.54, 1.807) is 14.2 Å². The van der Waals surface area contributed by atoms with Gasteiger partial charge in [-0.05, 0) is 54.2 Å².